The number of rotatable bonds is 4. The third-order valence-electron chi connectivity index (χ3n) is 1.97. The maximum absolute atomic E-state index is 12.0. The van der Waals surface area contributed by atoms with Crippen LogP contribution in [0.1, 0.15) is 5.69 Å². The number of nitrogens with zero attached hydrogens (tertiary/aromatic N) is 2. The number of carbonyl (C=O) groups is 1. The van der Waals surface area contributed by atoms with Crippen molar-refractivity contribution in [2.45, 2.75) is 12.8 Å². The van der Waals surface area contributed by atoms with Crippen LogP contribution in [0.4, 0.5) is 18.9 Å². The Hall–Kier alpha value is -2.59. The number of pyridine rings is 1. The van der Waals surface area contributed by atoms with Gasteiger partial charge < -0.3 is 14.6 Å². The Morgan fingerprint density at radius 2 is 2.15 bits per heavy atom. The first-order valence-corrected chi connectivity index (χ1v) is 4.84. The summed E-state index contributed by atoms with van der Waals surface area (Å²) >= 11 is 0. The van der Waals surface area contributed by atoms with Crippen molar-refractivity contribution in [2.24, 2.45) is 0 Å². The molecule has 0 saturated carbocycles. The molecule has 0 saturated heterocycles. The van der Waals surface area contributed by atoms with Crippen molar-refractivity contribution in [3.63, 3.8) is 0 Å². The topological polar surface area (TPSA) is 112 Å². The summed E-state index contributed by atoms with van der Waals surface area (Å²) in [4.78, 5) is 23.8. The predicted molar refractivity (Wildman–Crippen MR) is 55.0 cm³/mol. The van der Waals surface area contributed by atoms with Crippen LogP contribution in [0.2, 0.25) is 0 Å². The monoisotopic (exact) mass is 296 g/mol. The molecular weight excluding hydrogens is 289 g/mol. The van der Waals surface area contributed by atoms with Crippen molar-refractivity contribution < 1.29 is 37.5 Å². The van der Waals surface area contributed by atoms with Crippen LogP contribution in [0, 0.1) is 10.1 Å². The molecule has 110 valence electrons. The predicted octanol–water partition coefficient (Wildman–Crippen LogP) is 1.31. The van der Waals surface area contributed by atoms with Crippen LogP contribution in [0.15, 0.2) is 6.07 Å². The average Bonchev–Trinajstić information content (AvgIpc) is 2.30. The Balaban J connectivity index is 3.27. The average molecular weight is 296 g/mol. The molecule has 0 bridgehead atoms. The molecule has 0 atom stereocenters. The number of alkyl halides is 3. The van der Waals surface area contributed by atoms with Gasteiger partial charge in [-0.3, -0.25) is 14.9 Å². The van der Waals surface area contributed by atoms with Gasteiger partial charge in [0, 0.05) is 0 Å². The first kappa shape index (κ1) is 15.5. The van der Waals surface area contributed by atoms with Gasteiger partial charge in [0.25, 0.3) is 11.6 Å². The second kappa shape index (κ2) is 5.59. The van der Waals surface area contributed by atoms with Gasteiger partial charge >= 0.3 is 12.3 Å². The fourth-order valence-electron chi connectivity index (χ4n) is 1.19. The largest absolute Gasteiger partial charge is 0.574 e. The van der Waals surface area contributed by atoms with E-state index in [1.165, 1.54) is 0 Å². The minimum atomic E-state index is -5.15. The van der Waals surface area contributed by atoms with Crippen molar-refractivity contribution in [3.05, 3.63) is 21.9 Å². The van der Waals surface area contributed by atoms with E-state index in [1.807, 2.05) is 0 Å². The Morgan fingerprint density at radius 3 is 2.60 bits per heavy atom. The molecule has 8 nitrogen and oxygen atoms in total. The summed E-state index contributed by atoms with van der Waals surface area (Å²) in [6.45, 7) is 0. The zero-order chi connectivity index (χ0) is 15.5. The molecule has 1 aromatic heterocycles. The molecule has 11 heteroatoms. The van der Waals surface area contributed by atoms with Crippen molar-refractivity contribution in [1.29, 1.82) is 0 Å². The SMILES string of the molecule is COC(=O)Cc1nc(OC(F)(F)F)c(O)cc1[N+](=O)[O-]. The minimum Gasteiger partial charge on any atom is -0.503 e. The third kappa shape index (κ3) is 3.96. The normalized spacial score (nSPS) is 11.0. The number of esters is 1. The molecule has 1 N–H and O–H groups in total. The molecule has 0 aromatic carbocycles. The number of ether oxygens (including phenoxy) is 2. The highest BCUT2D eigenvalue weighted by atomic mass is 19.4. The maximum Gasteiger partial charge on any atom is 0.574 e. The number of aromatic hydroxyl groups is 1. The van der Waals surface area contributed by atoms with Gasteiger partial charge in [0.15, 0.2) is 5.75 Å². The Morgan fingerprint density at radius 1 is 1.55 bits per heavy atom. The number of nitro groups is 1. The van der Waals surface area contributed by atoms with Crippen LogP contribution in [0.5, 0.6) is 11.6 Å². The van der Waals surface area contributed by atoms with Crippen LogP contribution >= 0.6 is 0 Å². The summed E-state index contributed by atoms with van der Waals surface area (Å²) in [5, 5.41) is 19.9. The lowest BCUT2D eigenvalue weighted by Gasteiger charge is -2.10. The van der Waals surface area contributed by atoms with Gasteiger partial charge in [0.05, 0.1) is 24.5 Å². The van der Waals surface area contributed by atoms with Crippen molar-refractivity contribution >= 4 is 11.7 Å². The highest BCUT2D eigenvalue weighted by Crippen LogP contribution is 2.34. The van der Waals surface area contributed by atoms with Crippen LogP contribution in [0.25, 0.3) is 0 Å². The van der Waals surface area contributed by atoms with E-state index in [0.717, 1.165) is 7.11 Å². The molecule has 1 rings (SSSR count). The summed E-state index contributed by atoms with van der Waals surface area (Å²) in [5.74, 6) is -3.42. The standard InChI is InChI=1S/C9H7F3N2O6/c1-19-7(16)2-4-5(14(17)18)3-6(15)8(13-4)20-9(10,11)12/h3,15H,2H2,1H3. The lowest BCUT2D eigenvalue weighted by molar-refractivity contribution is -0.386. The van der Waals surface area contributed by atoms with E-state index in [1.54, 1.807) is 0 Å². The van der Waals surface area contributed by atoms with Crippen LogP contribution in [-0.2, 0) is 16.0 Å². The van der Waals surface area contributed by atoms with Gasteiger partial charge in [-0.15, -0.1) is 13.2 Å². The van der Waals surface area contributed by atoms with Gasteiger partial charge in [-0.2, -0.15) is 0 Å². The lowest BCUT2D eigenvalue weighted by atomic mass is 10.2. The molecule has 0 amide bonds. The first-order valence-electron chi connectivity index (χ1n) is 4.84. The van der Waals surface area contributed by atoms with E-state index >= 15 is 0 Å². The number of carbonyl (C=O) groups excluding carboxylic acids is 1. The maximum atomic E-state index is 12.0. The van der Waals surface area contributed by atoms with E-state index in [2.05, 4.69) is 14.5 Å². The molecule has 0 spiro atoms. The van der Waals surface area contributed by atoms with E-state index in [9.17, 15) is 33.2 Å². The number of hydrogen-bond acceptors (Lipinski definition) is 7. The number of hydrogen-bond donors (Lipinski definition) is 1. The number of methoxy groups -OCH3 is 1. The van der Waals surface area contributed by atoms with Gasteiger partial charge in [0.2, 0.25) is 0 Å². The second-order valence-electron chi connectivity index (χ2n) is 3.34. The lowest BCUT2D eigenvalue weighted by Crippen LogP contribution is -2.19. The molecule has 20 heavy (non-hydrogen) atoms. The zero-order valence-corrected chi connectivity index (χ0v) is 9.80. The summed E-state index contributed by atoms with van der Waals surface area (Å²) in [6, 6.07) is 0.409. The van der Waals surface area contributed by atoms with Crippen molar-refractivity contribution in [1.82, 2.24) is 4.98 Å². The summed E-state index contributed by atoms with van der Waals surface area (Å²) < 4.78 is 43.7. The Bertz CT molecular complexity index is 545. The number of halogens is 3. The molecule has 0 aliphatic heterocycles. The molecule has 1 aromatic rings. The molecular formula is C9H7F3N2O6. The fraction of sp³-hybridized carbons (Fsp3) is 0.333. The highest BCUT2D eigenvalue weighted by Gasteiger charge is 2.34. The fourth-order valence-corrected chi connectivity index (χ4v) is 1.19. The molecule has 1 heterocycles. The second-order valence-corrected chi connectivity index (χ2v) is 3.34. The van der Waals surface area contributed by atoms with Crippen LogP contribution in [0.3, 0.4) is 0 Å². The van der Waals surface area contributed by atoms with E-state index in [4.69, 9.17) is 0 Å². The molecule has 0 aliphatic carbocycles. The minimum absolute atomic E-state index is 0.409. The summed E-state index contributed by atoms with van der Waals surface area (Å²) in [6.07, 6.45) is -5.90. The van der Waals surface area contributed by atoms with Gasteiger partial charge in [-0.1, -0.05) is 0 Å². The summed E-state index contributed by atoms with van der Waals surface area (Å²) in [5.41, 5.74) is -1.46. The van der Waals surface area contributed by atoms with Crippen molar-refractivity contribution in [2.75, 3.05) is 7.11 Å². The summed E-state index contributed by atoms with van der Waals surface area (Å²) in [7, 11) is 0.988. The van der Waals surface area contributed by atoms with E-state index in [0.29, 0.717) is 6.07 Å². The molecule has 0 aliphatic rings. The Labute approximate surface area is 108 Å². The van der Waals surface area contributed by atoms with Gasteiger partial charge in [-0.25, -0.2) is 4.98 Å². The van der Waals surface area contributed by atoms with E-state index in [-0.39, 0.29) is 0 Å². The molecule has 0 fully saturated rings. The quantitative estimate of drug-likeness (QED) is 0.506. The van der Waals surface area contributed by atoms with Gasteiger partial charge in [-0.05, 0) is 0 Å². The number of aromatic nitrogens is 1. The van der Waals surface area contributed by atoms with Crippen LogP contribution in [-0.4, -0.2) is 34.5 Å². The third-order valence-corrected chi connectivity index (χ3v) is 1.97. The van der Waals surface area contributed by atoms with Crippen molar-refractivity contribution in [3.8, 4) is 11.6 Å². The molecule has 0 unspecified atom stereocenters. The van der Waals surface area contributed by atoms with Gasteiger partial charge in [0.1, 0.15) is 5.69 Å². The smallest absolute Gasteiger partial charge is 0.503 e. The first-order chi connectivity index (χ1) is 9.14. The van der Waals surface area contributed by atoms with E-state index < -0.39 is 46.7 Å². The highest BCUT2D eigenvalue weighted by molar-refractivity contribution is 5.73. The van der Waals surface area contributed by atoms with Crippen LogP contribution < -0.4 is 4.74 Å². The Kier molecular flexibility index (Phi) is 4.32. The zero-order valence-electron chi connectivity index (χ0n) is 9.80. The molecule has 0 radical (unpaired) electrons.